The van der Waals surface area contributed by atoms with E-state index in [4.69, 9.17) is 0 Å². The fourth-order valence-electron chi connectivity index (χ4n) is 2.57. The van der Waals surface area contributed by atoms with Crippen LogP contribution >= 0.6 is 11.8 Å². The number of anilines is 1. The van der Waals surface area contributed by atoms with Crippen molar-refractivity contribution in [1.29, 1.82) is 0 Å². The van der Waals surface area contributed by atoms with E-state index < -0.39 is 0 Å². The van der Waals surface area contributed by atoms with Crippen molar-refractivity contribution < 1.29 is 4.79 Å². The predicted octanol–water partition coefficient (Wildman–Crippen LogP) is 4.67. The van der Waals surface area contributed by atoms with Gasteiger partial charge in [0.2, 0.25) is 5.91 Å². The lowest BCUT2D eigenvalue weighted by atomic mass is 10.1. The van der Waals surface area contributed by atoms with Crippen molar-refractivity contribution in [3.05, 3.63) is 77.6 Å². The van der Waals surface area contributed by atoms with E-state index in [2.05, 4.69) is 54.6 Å². The molecule has 0 fully saturated rings. The molecule has 0 saturated heterocycles. The molecule has 0 aliphatic heterocycles. The zero-order valence-electron chi connectivity index (χ0n) is 15.1. The predicted molar refractivity (Wildman–Crippen MR) is 108 cm³/mol. The van der Waals surface area contributed by atoms with Gasteiger partial charge >= 0.3 is 0 Å². The second kappa shape index (κ2) is 8.72. The van der Waals surface area contributed by atoms with Crippen LogP contribution in [0.3, 0.4) is 0 Å². The van der Waals surface area contributed by atoms with Crippen LogP contribution in [-0.4, -0.2) is 21.4 Å². The van der Waals surface area contributed by atoms with Gasteiger partial charge in [0.15, 0.2) is 0 Å². The number of rotatable bonds is 7. The van der Waals surface area contributed by atoms with Gasteiger partial charge < -0.3 is 5.32 Å². The fraction of sp³-hybridized carbons (Fsp3) is 0.238. The van der Waals surface area contributed by atoms with Gasteiger partial charge in [-0.15, -0.1) is 11.8 Å². The van der Waals surface area contributed by atoms with Gasteiger partial charge in [-0.05, 0) is 42.7 Å². The molecule has 1 heterocycles. The molecule has 2 aromatic carbocycles. The van der Waals surface area contributed by atoms with Crippen LogP contribution in [0.25, 0.3) is 0 Å². The molecule has 134 valence electrons. The monoisotopic (exact) mass is 365 g/mol. The van der Waals surface area contributed by atoms with E-state index in [1.807, 2.05) is 29.1 Å². The molecule has 4 nitrogen and oxygen atoms in total. The molecular weight excluding hydrogens is 342 g/mol. The molecule has 0 unspecified atom stereocenters. The molecule has 1 amide bonds. The zero-order valence-corrected chi connectivity index (χ0v) is 15.9. The minimum atomic E-state index is 0.0144. The first kappa shape index (κ1) is 18.3. The largest absolute Gasteiger partial charge is 0.323 e. The average molecular weight is 366 g/mol. The Morgan fingerprint density at radius 2 is 1.92 bits per heavy atom. The SMILES string of the molecule is Cc1ccc(SCCC(=O)Nc2cnn(Cc3ccccc3)c2)cc1C. The van der Waals surface area contributed by atoms with Crippen molar-refractivity contribution >= 4 is 23.4 Å². The quantitative estimate of drug-likeness (QED) is 0.619. The normalized spacial score (nSPS) is 10.7. The molecule has 3 aromatic rings. The standard InChI is InChI=1S/C21H23N3OS/c1-16-8-9-20(12-17(16)2)26-11-10-21(25)23-19-13-22-24(15-19)14-18-6-4-3-5-7-18/h3-9,12-13,15H,10-11,14H2,1-2H3,(H,23,25). The number of nitrogens with zero attached hydrogens (tertiary/aromatic N) is 2. The first-order valence-corrected chi connectivity index (χ1v) is 9.65. The second-order valence-corrected chi connectivity index (χ2v) is 7.47. The van der Waals surface area contributed by atoms with Crippen molar-refractivity contribution in [1.82, 2.24) is 9.78 Å². The summed E-state index contributed by atoms with van der Waals surface area (Å²) in [7, 11) is 0. The number of carbonyl (C=O) groups is 1. The van der Waals surface area contributed by atoms with Crippen LogP contribution < -0.4 is 5.32 Å². The van der Waals surface area contributed by atoms with Crippen molar-refractivity contribution in [3.8, 4) is 0 Å². The zero-order chi connectivity index (χ0) is 18.4. The Morgan fingerprint density at radius 1 is 1.12 bits per heavy atom. The van der Waals surface area contributed by atoms with Gasteiger partial charge in [0.25, 0.3) is 0 Å². The van der Waals surface area contributed by atoms with Crippen LogP contribution in [0, 0.1) is 13.8 Å². The van der Waals surface area contributed by atoms with Gasteiger partial charge in [0.05, 0.1) is 18.4 Å². The van der Waals surface area contributed by atoms with Crippen LogP contribution in [0.2, 0.25) is 0 Å². The highest BCUT2D eigenvalue weighted by atomic mass is 32.2. The molecule has 0 radical (unpaired) electrons. The van der Waals surface area contributed by atoms with Gasteiger partial charge in [-0.1, -0.05) is 36.4 Å². The molecule has 1 aromatic heterocycles. The van der Waals surface area contributed by atoms with Crippen LogP contribution in [0.15, 0.2) is 65.8 Å². The Morgan fingerprint density at radius 3 is 2.69 bits per heavy atom. The van der Waals surface area contributed by atoms with Crippen LogP contribution in [-0.2, 0) is 11.3 Å². The van der Waals surface area contributed by atoms with E-state index >= 15 is 0 Å². The summed E-state index contributed by atoms with van der Waals surface area (Å²) in [5.41, 5.74) is 4.49. The number of nitrogens with one attached hydrogen (secondary N) is 1. The minimum absolute atomic E-state index is 0.0144. The van der Waals surface area contributed by atoms with E-state index in [1.54, 1.807) is 18.0 Å². The Balaban J connectivity index is 1.45. The maximum absolute atomic E-state index is 12.1. The van der Waals surface area contributed by atoms with Gasteiger partial charge in [0.1, 0.15) is 0 Å². The Bertz CT molecular complexity index is 874. The van der Waals surface area contributed by atoms with E-state index in [0.717, 1.165) is 11.4 Å². The fourth-order valence-corrected chi connectivity index (χ4v) is 3.52. The van der Waals surface area contributed by atoms with Gasteiger partial charge in [-0.2, -0.15) is 5.10 Å². The molecule has 0 spiro atoms. The van der Waals surface area contributed by atoms with Gasteiger partial charge in [-0.25, -0.2) is 0 Å². The summed E-state index contributed by atoms with van der Waals surface area (Å²) in [6.45, 7) is 4.91. The molecule has 5 heteroatoms. The highest BCUT2D eigenvalue weighted by Gasteiger charge is 2.06. The molecular formula is C21H23N3OS. The van der Waals surface area contributed by atoms with E-state index in [-0.39, 0.29) is 5.91 Å². The van der Waals surface area contributed by atoms with Crippen LogP contribution in [0.1, 0.15) is 23.1 Å². The number of carbonyl (C=O) groups excluding carboxylic acids is 1. The first-order valence-electron chi connectivity index (χ1n) is 8.66. The van der Waals surface area contributed by atoms with Crippen molar-refractivity contribution in [2.45, 2.75) is 31.7 Å². The third kappa shape index (κ3) is 5.23. The summed E-state index contributed by atoms with van der Waals surface area (Å²) < 4.78 is 1.83. The van der Waals surface area contributed by atoms with Crippen LogP contribution in [0.5, 0.6) is 0 Å². The molecule has 26 heavy (non-hydrogen) atoms. The number of hydrogen-bond donors (Lipinski definition) is 1. The maximum atomic E-state index is 12.1. The first-order chi connectivity index (χ1) is 12.6. The average Bonchev–Trinajstić information content (AvgIpc) is 3.05. The lowest BCUT2D eigenvalue weighted by Gasteiger charge is -2.05. The Labute approximate surface area is 158 Å². The molecule has 1 N–H and O–H groups in total. The van der Waals surface area contributed by atoms with E-state index in [0.29, 0.717) is 13.0 Å². The van der Waals surface area contributed by atoms with E-state index in [9.17, 15) is 4.79 Å². The van der Waals surface area contributed by atoms with Crippen LogP contribution in [0.4, 0.5) is 5.69 Å². The number of benzene rings is 2. The lowest BCUT2D eigenvalue weighted by Crippen LogP contribution is -2.11. The summed E-state index contributed by atoms with van der Waals surface area (Å²) in [6.07, 6.45) is 4.03. The lowest BCUT2D eigenvalue weighted by molar-refractivity contribution is -0.115. The van der Waals surface area contributed by atoms with Crippen molar-refractivity contribution in [2.24, 2.45) is 0 Å². The molecule has 0 saturated carbocycles. The second-order valence-electron chi connectivity index (χ2n) is 6.30. The Hall–Kier alpha value is -2.53. The molecule has 0 aliphatic carbocycles. The molecule has 0 aliphatic rings. The number of aryl methyl sites for hydroxylation is 2. The van der Waals surface area contributed by atoms with Crippen molar-refractivity contribution in [2.75, 3.05) is 11.1 Å². The highest BCUT2D eigenvalue weighted by Crippen LogP contribution is 2.22. The Kier molecular flexibility index (Phi) is 6.12. The number of amides is 1. The topological polar surface area (TPSA) is 46.9 Å². The minimum Gasteiger partial charge on any atom is -0.323 e. The molecule has 3 rings (SSSR count). The van der Waals surface area contributed by atoms with Crippen molar-refractivity contribution in [3.63, 3.8) is 0 Å². The summed E-state index contributed by atoms with van der Waals surface area (Å²) in [4.78, 5) is 13.3. The highest BCUT2D eigenvalue weighted by molar-refractivity contribution is 7.99. The maximum Gasteiger partial charge on any atom is 0.225 e. The third-order valence-electron chi connectivity index (χ3n) is 4.18. The van der Waals surface area contributed by atoms with Gasteiger partial charge in [-0.3, -0.25) is 9.48 Å². The summed E-state index contributed by atoms with van der Waals surface area (Å²) in [6, 6.07) is 16.5. The van der Waals surface area contributed by atoms with E-state index in [1.165, 1.54) is 21.6 Å². The summed E-state index contributed by atoms with van der Waals surface area (Å²) in [5.74, 6) is 0.771. The molecule has 0 atom stereocenters. The smallest absolute Gasteiger partial charge is 0.225 e. The summed E-state index contributed by atoms with van der Waals surface area (Å²) >= 11 is 1.71. The third-order valence-corrected chi connectivity index (χ3v) is 5.18. The number of aromatic nitrogens is 2. The summed E-state index contributed by atoms with van der Waals surface area (Å²) in [5, 5.41) is 7.23. The van der Waals surface area contributed by atoms with Gasteiger partial charge in [0, 0.05) is 23.3 Å². The number of thioether (sulfide) groups is 1. The molecule has 0 bridgehead atoms. The number of hydrogen-bond acceptors (Lipinski definition) is 3.